The van der Waals surface area contributed by atoms with E-state index >= 15 is 0 Å². The number of amides is 1. The van der Waals surface area contributed by atoms with Crippen LogP contribution in [0.4, 0.5) is 0 Å². The van der Waals surface area contributed by atoms with Gasteiger partial charge >= 0.3 is 0 Å². The Kier molecular flexibility index (Phi) is 3.80. The van der Waals surface area contributed by atoms with Gasteiger partial charge in [0.25, 0.3) is 0 Å². The van der Waals surface area contributed by atoms with Crippen molar-refractivity contribution in [3.63, 3.8) is 0 Å². The van der Waals surface area contributed by atoms with Crippen LogP contribution >= 0.6 is 11.6 Å². The molecule has 0 aromatic heterocycles. The largest absolute Gasteiger partial charge is 0.334 e. The number of nitrogens with zero attached hydrogens (tertiary/aromatic N) is 1. The summed E-state index contributed by atoms with van der Waals surface area (Å²) in [5, 5.41) is 0.734. The Labute approximate surface area is 129 Å². The summed E-state index contributed by atoms with van der Waals surface area (Å²) in [7, 11) is 0. The lowest BCUT2D eigenvalue weighted by molar-refractivity contribution is -0.127. The maximum atomic E-state index is 12.0. The minimum atomic E-state index is -0.0310. The van der Waals surface area contributed by atoms with Crippen molar-refractivity contribution >= 4 is 17.5 Å². The van der Waals surface area contributed by atoms with Crippen LogP contribution in [0.1, 0.15) is 22.6 Å². The zero-order chi connectivity index (χ0) is 14.8. The Balaban J connectivity index is 2.07. The summed E-state index contributed by atoms with van der Waals surface area (Å²) in [4.78, 5) is 13.8. The Bertz CT molecular complexity index is 681. The van der Waals surface area contributed by atoms with E-state index in [1.807, 2.05) is 41.3 Å². The van der Waals surface area contributed by atoms with E-state index in [9.17, 15) is 4.79 Å². The Hall–Kier alpha value is -2.06. The standard InChI is InChI=1S/C18H16ClNO/c1-2-18(21)20-11-14-8-9-15(19)10-16(14)17(12-20)13-6-4-3-5-7-13/h2-10,17H,1,11-12H2/t17-/m0/s1. The van der Waals surface area contributed by atoms with Gasteiger partial charge in [0.1, 0.15) is 0 Å². The molecule has 3 heteroatoms. The van der Waals surface area contributed by atoms with E-state index < -0.39 is 0 Å². The topological polar surface area (TPSA) is 20.3 Å². The summed E-state index contributed by atoms with van der Waals surface area (Å²) in [6.45, 7) is 4.86. The van der Waals surface area contributed by atoms with Crippen molar-refractivity contribution in [2.75, 3.05) is 6.54 Å². The predicted molar refractivity (Wildman–Crippen MR) is 85.4 cm³/mol. The van der Waals surface area contributed by atoms with E-state index in [-0.39, 0.29) is 11.8 Å². The van der Waals surface area contributed by atoms with Crippen molar-refractivity contribution < 1.29 is 4.79 Å². The molecule has 0 radical (unpaired) electrons. The van der Waals surface area contributed by atoms with Gasteiger partial charge in [0.2, 0.25) is 5.91 Å². The summed E-state index contributed by atoms with van der Waals surface area (Å²) in [6, 6.07) is 16.1. The lowest BCUT2D eigenvalue weighted by atomic mass is 9.84. The molecular weight excluding hydrogens is 282 g/mol. The summed E-state index contributed by atoms with van der Waals surface area (Å²) in [5.41, 5.74) is 3.55. The van der Waals surface area contributed by atoms with Gasteiger partial charge in [-0.05, 0) is 34.9 Å². The fraction of sp³-hybridized carbons (Fsp3) is 0.167. The summed E-state index contributed by atoms with van der Waals surface area (Å²) >= 11 is 6.16. The molecule has 1 heterocycles. The van der Waals surface area contributed by atoms with E-state index in [0.29, 0.717) is 13.1 Å². The highest BCUT2D eigenvalue weighted by Crippen LogP contribution is 2.35. The van der Waals surface area contributed by atoms with Crippen molar-refractivity contribution in [2.45, 2.75) is 12.5 Å². The van der Waals surface area contributed by atoms with Gasteiger partial charge < -0.3 is 4.90 Å². The third-order valence-corrected chi connectivity index (χ3v) is 4.17. The van der Waals surface area contributed by atoms with Gasteiger partial charge in [-0.15, -0.1) is 0 Å². The van der Waals surface area contributed by atoms with E-state index in [4.69, 9.17) is 11.6 Å². The minimum absolute atomic E-state index is 0.0310. The zero-order valence-corrected chi connectivity index (χ0v) is 12.4. The SMILES string of the molecule is C=CC(=O)N1Cc2ccc(Cl)cc2[C@H](c2ccccc2)C1. The van der Waals surface area contributed by atoms with Gasteiger partial charge in [-0.25, -0.2) is 0 Å². The molecule has 0 unspecified atom stereocenters. The molecule has 0 saturated carbocycles. The zero-order valence-electron chi connectivity index (χ0n) is 11.6. The van der Waals surface area contributed by atoms with E-state index in [2.05, 4.69) is 18.7 Å². The smallest absolute Gasteiger partial charge is 0.246 e. The molecule has 21 heavy (non-hydrogen) atoms. The minimum Gasteiger partial charge on any atom is -0.334 e. The molecule has 0 bridgehead atoms. The highest BCUT2D eigenvalue weighted by Gasteiger charge is 2.28. The van der Waals surface area contributed by atoms with Crippen molar-refractivity contribution in [3.8, 4) is 0 Å². The summed E-state index contributed by atoms with van der Waals surface area (Å²) < 4.78 is 0. The van der Waals surface area contributed by atoms with E-state index in [1.165, 1.54) is 17.2 Å². The maximum absolute atomic E-state index is 12.0. The molecular formula is C18H16ClNO. The van der Waals surface area contributed by atoms with Crippen LogP contribution in [0.3, 0.4) is 0 Å². The fourth-order valence-electron chi connectivity index (χ4n) is 2.89. The van der Waals surface area contributed by atoms with Gasteiger partial charge in [0, 0.05) is 24.0 Å². The summed E-state index contributed by atoms with van der Waals surface area (Å²) in [6.07, 6.45) is 1.38. The first-order chi connectivity index (χ1) is 10.2. The average molecular weight is 298 g/mol. The first-order valence-corrected chi connectivity index (χ1v) is 7.31. The molecule has 0 spiro atoms. The molecule has 2 aromatic rings. The molecule has 0 aliphatic carbocycles. The molecule has 0 saturated heterocycles. The molecule has 0 fully saturated rings. The van der Waals surface area contributed by atoms with Gasteiger partial charge in [-0.2, -0.15) is 0 Å². The number of rotatable bonds is 2. The second-order valence-corrected chi connectivity index (χ2v) is 5.67. The highest BCUT2D eigenvalue weighted by atomic mass is 35.5. The van der Waals surface area contributed by atoms with Gasteiger partial charge in [-0.3, -0.25) is 4.79 Å². The predicted octanol–water partition coefficient (Wildman–Crippen LogP) is 4.00. The van der Waals surface area contributed by atoms with Crippen LogP contribution in [-0.4, -0.2) is 17.4 Å². The number of hydrogen-bond donors (Lipinski definition) is 0. The number of hydrogen-bond acceptors (Lipinski definition) is 1. The van der Waals surface area contributed by atoms with Crippen molar-refractivity contribution in [2.24, 2.45) is 0 Å². The number of halogens is 1. The number of benzene rings is 2. The third-order valence-electron chi connectivity index (χ3n) is 3.94. The Morgan fingerprint density at radius 2 is 2.00 bits per heavy atom. The molecule has 2 nitrogen and oxygen atoms in total. The first-order valence-electron chi connectivity index (χ1n) is 6.93. The second-order valence-electron chi connectivity index (χ2n) is 5.23. The van der Waals surface area contributed by atoms with Gasteiger partial charge in [0.05, 0.1) is 0 Å². The van der Waals surface area contributed by atoms with Crippen LogP contribution < -0.4 is 0 Å². The number of carbonyl (C=O) groups excluding carboxylic acids is 1. The molecule has 2 aromatic carbocycles. The molecule has 3 rings (SSSR count). The molecule has 106 valence electrons. The van der Waals surface area contributed by atoms with Crippen molar-refractivity contribution in [1.29, 1.82) is 0 Å². The number of carbonyl (C=O) groups is 1. The van der Waals surface area contributed by atoms with Crippen molar-refractivity contribution in [3.05, 3.63) is 82.9 Å². The average Bonchev–Trinajstić information content (AvgIpc) is 2.54. The van der Waals surface area contributed by atoms with Crippen LogP contribution in [0.15, 0.2) is 61.2 Å². The molecule has 1 aliphatic heterocycles. The van der Waals surface area contributed by atoms with E-state index in [0.717, 1.165) is 10.6 Å². The fourth-order valence-corrected chi connectivity index (χ4v) is 3.07. The molecule has 0 N–H and O–H groups in total. The molecule has 1 aliphatic rings. The van der Waals surface area contributed by atoms with E-state index in [1.54, 1.807) is 0 Å². The van der Waals surface area contributed by atoms with Crippen LogP contribution in [0.5, 0.6) is 0 Å². The van der Waals surface area contributed by atoms with Gasteiger partial charge in [-0.1, -0.05) is 54.6 Å². The third kappa shape index (κ3) is 2.72. The maximum Gasteiger partial charge on any atom is 0.246 e. The lowest BCUT2D eigenvalue weighted by Crippen LogP contribution is -2.37. The number of fused-ring (bicyclic) bond motifs is 1. The Morgan fingerprint density at radius 1 is 1.24 bits per heavy atom. The molecule has 1 amide bonds. The van der Waals surface area contributed by atoms with Crippen LogP contribution in [0, 0.1) is 0 Å². The lowest BCUT2D eigenvalue weighted by Gasteiger charge is -2.34. The van der Waals surface area contributed by atoms with Gasteiger partial charge in [0.15, 0.2) is 0 Å². The van der Waals surface area contributed by atoms with Crippen LogP contribution in [0.25, 0.3) is 0 Å². The van der Waals surface area contributed by atoms with Crippen molar-refractivity contribution in [1.82, 2.24) is 4.90 Å². The van der Waals surface area contributed by atoms with Crippen LogP contribution in [0.2, 0.25) is 5.02 Å². The first kappa shape index (κ1) is 13.9. The second kappa shape index (κ2) is 5.74. The molecule has 1 atom stereocenters. The summed E-state index contributed by atoms with van der Waals surface area (Å²) in [5.74, 6) is 0.120. The Morgan fingerprint density at radius 3 is 2.71 bits per heavy atom. The quantitative estimate of drug-likeness (QED) is 0.767. The normalized spacial score (nSPS) is 17.2. The highest BCUT2D eigenvalue weighted by molar-refractivity contribution is 6.30. The monoisotopic (exact) mass is 297 g/mol. The van der Waals surface area contributed by atoms with Crippen LogP contribution in [-0.2, 0) is 11.3 Å².